The number of hydrogen-bond acceptors (Lipinski definition) is 2. The maximum atomic E-state index is 12.9. The zero-order valence-corrected chi connectivity index (χ0v) is 10.5. The molecule has 0 spiro atoms. The second-order valence-electron chi connectivity index (χ2n) is 3.73. The molecule has 0 N–H and O–H groups in total. The van der Waals surface area contributed by atoms with Crippen LogP contribution in [0.25, 0.3) is 0 Å². The minimum atomic E-state index is -0.294. The number of hydrogen-bond donors (Lipinski definition) is 0. The average molecular weight is 235 g/mol. The Kier molecular flexibility index (Phi) is 5.40. The first-order valence-electron chi connectivity index (χ1n) is 5.73. The number of nitrogens with zero attached hydrogens (tertiary/aromatic N) is 1. The highest BCUT2D eigenvalue weighted by Crippen LogP contribution is 2.13. The first-order valence-corrected chi connectivity index (χ1v) is 5.73. The second kappa shape index (κ2) is 6.84. The molecule has 0 aromatic heterocycles. The Morgan fingerprint density at radius 1 is 1.47 bits per heavy atom. The van der Waals surface area contributed by atoms with Crippen molar-refractivity contribution in [1.82, 2.24) is 0 Å². The maximum Gasteiger partial charge on any atom is 0.130 e. The summed E-state index contributed by atoms with van der Waals surface area (Å²) in [5.74, 6) is 0.228. The summed E-state index contributed by atoms with van der Waals surface area (Å²) in [6.45, 7) is 6.30. The van der Waals surface area contributed by atoms with E-state index in [4.69, 9.17) is 4.74 Å². The molecule has 0 heterocycles. The Morgan fingerprint density at radius 3 is 2.82 bits per heavy atom. The maximum absolute atomic E-state index is 12.9. The monoisotopic (exact) mass is 235 g/mol. The van der Waals surface area contributed by atoms with Crippen molar-refractivity contribution in [3.8, 4) is 5.75 Å². The van der Waals surface area contributed by atoms with Gasteiger partial charge in [-0.1, -0.05) is 19.1 Å². The highest BCUT2D eigenvalue weighted by Gasteiger charge is 1.99. The number of benzene rings is 1. The molecule has 0 fully saturated rings. The molecular weight excluding hydrogens is 217 g/mol. The fourth-order valence-electron chi connectivity index (χ4n) is 1.22. The van der Waals surface area contributed by atoms with Crippen molar-refractivity contribution in [3.05, 3.63) is 41.9 Å². The molecule has 0 amide bonds. The van der Waals surface area contributed by atoms with E-state index in [-0.39, 0.29) is 5.82 Å². The molecule has 0 saturated heterocycles. The first-order chi connectivity index (χ1) is 8.15. The van der Waals surface area contributed by atoms with E-state index in [1.807, 2.05) is 19.9 Å². The number of halogens is 1. The molecule has 0 radical (unpaired) electrons. The molecule has 0 bridgehead atoms. The van der Waals surface area contributed by atoms with Crippen molar-refractivity contribution in [1.29, 1.82) is 0 Å². The van der Waals surface area contributed by atoms with Gasteiger partial charge < -0.3 is 4.74 Å². The van der Waals surface area contributed by atoms with Crippen molar-refractivity contribution in [2.24, 2.45) is 4.99 Å². The number of aliphatic imine (C=N–C) groups is 1. The van der Waals surface area contributed by atoms with Crippen LogP contribution in [-0.4, -0.2) is 12.3 Å². The van der Waals surface area contributed by atoms with Gasteiger partial charge in [0.1, 0.15) is 18.2 Å². The van der Waals surface area contributed by atoms with Crippen molar-refractivity contribution >= 4 is 5.71 Å². The Balaban J connectivity index is 2.60. The standard InChI is InChI=1S/C14H18FNO/c1-4-11(3)16-13(5-2)10-17-14-8-6-7-12(15)9-14/h5-9H,4,10H2,1-3H3/b13-5-,16-11-. The summed E-state index contributed by atoms with van der Waals surface area (Å²) in [6, 6.07) is 6.11. The Morgan fingerprint density at radius 2 is 2.24 bits per heavy atom. The van der Waals surface area contributed by atoms with E-state index in [1.54, 1.807) is 12.1 Å². The van der Waals surface area contributed by atoms with Gasteiger partial charge in [0.15, 0.2) is 0 Å². The molecule has 3 heteroatoms. The topological polar surface area (TPSA) is 21.6 Å². The van der Waals surface area contributed by atoms with Gasteiger partial charge in [-0.2, -0.15) is 0 Å². The largest absolute Gasteiger partial charge is 0.487 e. The summed E-state index contributed by atoms with van der Waals surface area (Å²) in [7, 11) is 0. The van der Waals surface area contributed by atoms with Crippen molar-refractivity contribution in [2.75, 3.05) is 6.61 Å². The fourth-order valence-corrected chi connectivity index (χ4v) is 1.22. The third-order valence-electron chi connectivity index (χ3n) is 2.36. The van der Waals surface area contributed by atoms with Gasteiger partial charge in [0.25, 0.3) is 0 Å². The lowest BCUT2D eigenvalue weighted by atomic mass is 10.3. The van der Waals surface area contributed by atoms with Crippen LogP contribution in [0.2, 0.25) is 0 Å². The van der Waals surface area contributed by atoms with Gasteiger partial charge in [0.05, 0.1) is 5.70 Å². The summed E-state index contributed by atoms with van der Waals surface area (Å²) in [5, 5.41) is 0. The van der Waals surface area contributed by atoms with Gasteiger partial charge >= 0.3 is 0 Å². The molecule has 1 aromatic carbocycles. The van der Waals surface area contributed by atoms with Gasteiger partial charge in [-0.3, -0.25) is 4.99 Å². The number of rotatable bonds is 5. The zero-order valence-electron chi connectivity index (χ0n) is 10.5. The minimum absolute atomic E-state index is 0.294. The predicted octanol–water partition coefficient (Wildman–Crippen LogP) is 3.98. The lowest BCUT2D eigenvalue weighted by molar-refractivity contribution is 0.348. The Hall–Kier alpha value is -1.64. The van der Waals surface area contributed by atoms with Crippen LogP contribution in [-0.2, 0) is 0 Å². The Bertz CT molecular complexity index is 424. The summed E-state index contributed by atoms with van der Waals surface area (Å²) >= 11 is 0. The van der Waals surface area contributed by atoms with E-state index in [0.29, 0.717) is 12.4 Å². The normalized spacial score (nSPS) is 12.7. The van der Waals surface area contributed by atoms with Crippen LogP contribution in [0.5, 0.6) is 5.75 Å². The van der Waals surface area contributed by atoms with E-state index >= 15 is 0 Å². The molecule has 0 aliphatic rings. The van der Waals surface area contributed by atoms with Gasteiger partial charge in [0, 0.05) is 11.8 Å². The van der Waals surface area contributed by atoms with Crippen molar-refractivity contribution in [2.45, 2.75) is 27.2 Å². The highest BCUT2D eigenvalue weighted by atomic mass is 19.1. The van der Waals surface area contributed by atoms with Gasteiger partial charge in [0.2, 0.25) is 0 Å². The van der Waals surface area contributed by atoms with Gasteiger partial charge in [-0.25, -0.2) is 4.39 Å². The lowest BCUT2D eigenvalue weighted by Crippen LogP contribution is -2.01. The van der Waals surface area contributed by atoms with Crippen LogP contribution in [0.1, 0.15) is 27.2 Å². The van der Waals surface area contributed by atoms with E-state index < -0.39 is 0 Å². The smallest absolute Gasteiger partial charge is 0.130 e. The second-order valence-corrected chi connectivity index (χ2v) is 3.73. The molecule has 17 heavy (non-hydrogen) atoms. The van der Waals surface area contributed by atoms with Gasteiger partial charge in [-0.15, -0.1) is 0 Å². The third-order valence-corrected chi connectivity index (χ3v) is 2.36. The Labute approximate surface area is 102 Å². The van der Waals surface area contributed by atoms with Crippen LogP contribution < -0.4 is 4.74 Å². The zero-order chi connectivity index (χ0) is 12.7. The molecule has 0 atom stereocenters. The van der Waals surface area contributed by atoms with Gasteiger partial charge in [-0.05, 0) is 32.4 Å². The predicted molar refractivity (Wildman–Crippen MR) is 69.1 cm³/mol. The van der Waals surface area contributed by atoms with E-state index in [0.717, 1.165) is 17.8 Å². The molecule has 0 unspecified atom stereocenters. The fraction of sp³-hybridized carbons (Fsp3) is 0.357. The van der Waals surface area contributed by atoms with Crippen LogP contribution in [0, 0.1) is 5.82 Å². The molecule has 0 saturated carbocycles. The van der Waals surface area contributed by atoms with E-state index in [1.165, 1.54) is 12.1 Å². The molecule has 0 aliphatic heterocycles. The molecule has 1 aromatic rings. The van der Waals surface area contributed by atoms with Crippen LogP contribution in [0.15, 0.2) is 41.0 Å². The summed E-state index contributed by atoms with van der Waals surface area (Å²) < 4.78 is 18.4. The van der Waals surface area contributed by atoms with E-state index in [9.17, 15) is 4.39 Å². The van der Waals surface area contributed by atoms with Crippen LogP contribution in [0.3, 0.4) is 0 Å². The van der Waals surface area contributed by atoms with E-state index in [2.05, 4.69) is 11.9 Å². The first kappa shape index (κ1) is 13.4. The minimum Gasteiger partial charge on any atom is -0.487 e. The SMILES string of the molecule is C/C=C(COc1cccc(F)c1)\N=C(\C)CC. The highest BCUT2D eigenvalue weighted by molar-refractivity contribution is 5.82. The average Bonchev–Trinajstić information content (AvgIpc) is 2.34. The van der Waals surface area contributed by atoms with Crippen LogP contribution in [0.4, 0.5) is 4.39 Å². The molecule has 1 rings (SSSR count). The van der Waals surface area contributed by atoms with Crippen LogP contribution >= 0.6 is 0 Å². The van der Waals surface area contributed by atoms with Crippen molar-refractivity contribution in [3.63, 3.8) is 0 Å². The summed E-state index contributed by atoms with van der Waals surface area (Å²) in [6.07, 6.45) is 2.82. The number of ether oxygens (including phenoxy) is 1. The summed E-state index contributed by atoms with van der Waals surface area (Å²) in [5.41, 5.74) is 1.91. The molecular formula is C14H18FNO. The molecule has 92 valence electrons. The summed E-state index contributed by atoms with van der Waals surface area (Å²) in [4.78, 5) is 4.41. The third kappa shape index (κ3) is 4.81. The lowest BCUT2D eigenvalue weighted by Gasteiger charge is -2.07. The molecule has 2 nitrogen and oxygen atoms in total. The quantitative estimate of drug-likeness (QED) is 0.707. The molecule has 0 aliphatic carbocycles. The number of allylic oxidation sites excluding steroid dienone is 1. The van der Waals surface area contributed by atoms with Crippen molar-refractivity contribution < 1.29 is 9.13 Å².